The quantitative estimate of drug-likeness (QED) is 0.646. The van der Waals surface area contributed by atoms with Gasteiger partial charge in [-0.15, -0.1) is 12.4 Å². The van der Waals surface area contributed by atoms with Gasteiger partial charge in [-0.2, -0.15) is 0 Å². The first-order chi connectivity index (χ1) is 12.1. The van der Waals surface area contributed by atoms with Crippen LogP contribution in [0.1, 0.15) is 23.0 Å². The summed E-state index contributed by atoms with van der Waals surface area (Å²) in [6.07, 6.45) is 0. The van der Waals surface area contributed by atoms with Crippen LogP contribution in [0.3, 0.4) is 0 Å². The molecule has 1 heterocycles. The number of nitrogens with zero attached hydrogens (tertiary/aromatic N) is 1. The fourth-order valence-corrected chi connectivity index (χ4v) is 2.71. The number of aryl methyl sites for hydroxylation is 1. The normalized spacial score (nSPS) is 10.1. The summed E-state index contributed by atoms with van der Waals surface area (Å²) in [5, 5.41) is 4.32. The molecule has 3 rings (SSSR count). The number of methoxy groups -OCH3 is 1. The number of ether oxygens (including phenoxy) is 2. The average molecular weight is 373 g/mol. The molecular weight excluding hydrogens is 352 g/mol. The van der Waals surface area contributed by atoms with Crippen LogP contribution in [0.25, 0.3) is 10.9 Å². The van der Waals surface area contributed by atoms with E-state index >= 15 is 0 Å². The maximum absolute atomic E-state index is 11.9. The van der Waals surface area contributed by atoms with Crippen molar-refractivity contribution >= 4 is 40.7 Å². The van der Waals surface area contributed by atoms with Crippen LogP contribution < -0.4 is 10.1 Å². The number of para-hydroxylation sites is 1. The summed E-state index contributed by atoms with van der Waals surface area (Å²) in [4.78, 5) is 16.5. The van der Waals surface area contributed by atoms with Gasteiger partial charge in [-0.3, -0.25) is 0 Å². The molecule has 0 fully saturated rings. The molecule has 0 spiro atoms. The number of rotatable bonds is 5. The number of aromatic nitrogens is 1. The zero-order valence-corrected chi connectivity index (χ0v) is 15.7. The summed E-state index contributed by atoms with van der Waals surface area (Å²) in [5.74, 6) is 0.396. The first-order valence-electron chi connectivity index (χ1n) is 8.11. The Morgan fingerprint density at radius 2 is 1.92 bits per heavy atom. The molecule has 0 saturated carbocycles. The SMILES string of the molecule is CCOC(=O)c1cccc(Nc2cc(C)nc3c(OC)cccc23)c1.Cl. The van der Waals surface area contributed by atoms with Crippen molar-refractivity contribution in [2.24, 2.45) is 0 Å². The number of hydrogen-bond acceptors (Lipinski definition) is 5. The van der Waals surface area contributed by atoms with Crippen LogP contribution in [0.4, 0.5) is 11.4 Å². The summed E-state index contributed by atoms with van der Waals surface area (Å²) in [6.45, 7) is 4.08. The number of halogens is 1. The van der Waals surface area contributed by atoms with E-state index in [9.17, 15) is 4.79 Å². The molecule has 0 radical (unpaired) electrons. The van der Waals surface area contributed by atoms with Crippen LogP contribution >= 0.6 is 12.4 Å². The fourth-order valence-electron chi connectivity index (χ4n) is 2.71. The van der Waals surface area contributed by atoms with Crippen molar-refractivity contribution < 1.29 is 14.3 Å². The smallest absolute Gasteiger partial charge is 0.338 e. The Bertz CT molecular complexity index is 928. The summed E-state index contributed by atoms with van der Waals surface area (Å²) in [6, 6.07) is 15.0. The first-order valence-corrected chi connectivity index (χ1v) is 8.11. The second-order valence-corrected chi connectivity index (χ2v) is 5.59. The molecule has 5 nitrogen and oxygen atoms in total. The number of nitrogens with one attached hydrogen (secondary N) is 1. The molecule has 0 amide bonds. The lowest BCUT2D eigenvalue weighted by Gasteiger charge is -2.13. The summed E-state index contributed by atoms with van der Waals surface area (Å²) >= 11 is 0. The summed E-state index contributed by atoms with van der Waals surface area (Å²) in [7, 11) is 1.63. The Kier molecular flexibility index (Phi) is 6.41. The van der Waals surface area contributed by atoms with Crippen LogP contribution in [0.15, 0.2) is 48.5 Å². The van der Waals surface area contributed by atoms with Crippen molar-refractivity contribution in [3.05, 3.63) is 59.8 Å². The number of anilines is 2. The maximum atomic E-state index is 11.9. The van der Waals surface area contributed by atoms with Gasteiger partial charge in [0.25, 0.3) is 0 Å². The molecule has 0 aliphatic heterocycles. The molecule has 1 N–H and O–H groups in total. The Labute approximate surface area is 158 Å². The molecule has 0 aliphatic carbocycles. The Hall–Kier alpha value is -2.79. The molecule has 136 valence electrons. The standard InChI is InChI=1S/C20H20N2O3.ClH/c1-4-25-20(23)14-7-5-8-15(12-14)22-17-11-13(2)21-19-16(17)9-6-10-18(19)24-3;/h5-12H,4H2,1-3H3,(H,21,22);1H. The van der Waals surface area contributed by atoms with Gasteiger partial charge in [0.1, 0.15) is 11.3 Å². The number of fused-ring (bicyclic) bond motifs is 1. The lowest BCUT2D eigenvalue weighted by Crippen LogP contribution is -2.05. The maximum Gasteiger partial charge on any atom is 0.338 e. The molecule has 3 aromatic rings. The van der Waals surface area contributed by atoms with Gasteiger partial charge in [-0.1, -0.05) is 18.2 Å². The van der Waals surface area contributed by atoms with Gasteiger partial charge in [0.2, 0.25) is 0 Å². The van der Waals surface area contributed by atoms with E-state index < -0.39 is 0 Å². The van der Waals surface area contributed by atoms with Crippen LogP contribution in [0.2, 0.25) is 0 Å². The number of carbonyl (C=O) groups is 1. The number of esters is 1. The van der Waals surface area contributed by atoms with Crippen molar-refractivity contribution in [2.45, 2.75) is 13.8 Å². The Balaban J connectivity index is 0.00000243. The van der Waals surface area contributed by atoms with Crippen LogP contribution in [-0.4, -0.2) is 24.7 Å². The van der Waals surface area contributed by atoms with Crippen LogP contribution in [0.5, 0.6) is 5.75 Å². The van der Waals surface area contributed by atoms with E-state index in [4.69, 9.17) is 9.47 Å². The van der Waals surface area contributed by atoms with Crippen molar-refractivity contribution in [3.8, 4) is 5.75 Å². The largest absolute Gasteiger partial charge is 0.494 e. The van der Waals surface area contributed by atoms with Crippen molar-refractivity contribution in [1.29, 1.82) is 0 Å². The highest BCUT2D eigenvalue weighted by Crippen LogP contribution is 2.31. The molecule has 0 bridgehead atoms. The van der Waals surface area contributed by atoms with Gasteiger partial charge in [-0.25, -0.2) is 9.78 Å². The average Bonchev–Trinajstić information content (AvgIpc) is 2.61. The summed E-state index contributed by atoms with van der Waals surface area (Å²) in [5.41, 5.74) is 3.90. The lowest BCUT2D eigenvalue weighted by atomic mass is 10.1. The Morgan fingerprint density at radius 1 is 1.15 bits per heavy atom. The predicted molar refractivity (Wildman–Crippen MR) is 106 cm³/mol. The predicted octanol–water partition coefficient (Wildman–Crippen LogP) is 4.89. The van der Waals surface area contributed by atoms with Gasteiger partial charge in [-0.05, 0) is 44.2 Å². The molecule has 0 unspecified atom stereocenters. The molecule has 0 atom stereocenters. The monoisotopic (exact) mass is 372 g/mol. The van der Waals surface area contributed by atoms with E-state index in [1.54, 1.807) is 26.2 Å². The van der Waals surface area contributed by atoms with Crippen LogP contribution in [-0.2, 0) is 4.74 Å². The van der Waals surface area contributed by atoms with Gasteiger partial charge >= 0.3 is 5.97 Å². The lowest BCUT2D eigenvalue weighted by molar-refractivity contribution is 0.0526. The summed E-state index contributed by atoms with van der Waals surface area (Å²) < 4.78 is 10.5. The van der Waals surface area contributed by atoms with E-state index in [0.717, 1.165) is 33.7 Å². The van der Waals surface area contributed by atoms with E-state index in [2.05, 4.69) is 10.3 Å². The van der Waals surface area contributed by atoms with Crippen molar-refractivity contribution in [1.82, 2.24) is 4.98 Å². The van der Waals surface area contributed by atoms with Gasteiger partial charge in [0.05, 0.1) is 19.3 Å². The van der Waals surface area contributed by atoms with Crippen molar-refractivity contribution in [3.63, 3.8) is 0 Å². The fraction of sp³-hybridized carbons (Fsp3) is 0.200. The minimum Gasteiger partial charge on any atom is -0.494 e. The number of pyridine rings is 1. The number of carbonyl (C=O) groups excluding carboxylic acids is 1. The molecule has 6 heteroatoms. The highest BCUT2D eigenvalue weighted by Gasteiger charge is 2.10. The number of hydrogen-bond donors (Lipinski definition) is 1. The van der Waals surface area contributed by atoms with Gasteiger partial charge < -0.3 is 14.8 Å². The van der Waals surface area contributed by atoms with E-state index in [1.807, 2.05) is 43.3 Å². The second-order valence-electron chi connectivity index (χ2n) is 5.59. The molecule has 0 saturated heterocycles. The van der Waals surface area contributed by atoms with E-state index in [1.165, 1.54) is 0 Å². The zero-order valence-electron chi connectivity index (χ0n) is 14.9. The third kappa shape index (κ3) is 4.06. The van der Waals surface area contributed by atoms with Crippen molar-refractivity contribution in [2.75, 3.05) is 19.0 Å². The second kappa shape index (κ2) is 8.54. The molecule has 26 heavy (non-hydrogen) atoms. The zero-order chi connectivity index (χ0) is 17.8. The van der Waals surface area contributed by atoms with E-state index in [0.29, 0.717) is 12.2 Å². The van der Waals surface area contributed by atoms with Gasteiger partial charge in [0, 0.05) is 22.5 Å². The molecular formula is C20H21ClN2O3. The highest BCUT2D eigenvalue weighted by molar-refractivity contribution is 5.97. The van der Waals surface area contributed by atoms with Gasteiger partial charge in [0.15, 0.2) is 0 Å². The highest BCUT2D eigenvalue weighted by atomic mass is 35.5. The van der Waals surface area contributed by atoms with Crippen LogP contribution in [0, 0.1) is 6.92 Å². The Morgan fingerprint density at radius 3 is 2.65 bits per heavy atom. The third-order valence-electron chi connectivity index (χ3n) is 3.80. The minimum atomic E-state index is -0.330. The minimum absolute atomic E-state index is 0. The topological polar surface area (TPSA) is 60.5 Å². The number of benzene rings is 2. The molecule has 1 aromatic heterocycles. The van der Waals surface area contributed by atoms with E-state index in [-0.39, 0.29) is 18.4 Å². The molecule has 2 aromatic carbocycles. The third-order valence-corrected chi connectivity index (χ3v) is 3.80. The molecule has 0 aliphatic rings. The first kappa shape index (κ1) is 19.5.